The molecule has 26 heavy (non-hydrogen) atoms. The highest BCUT2D eigenvalue weighted by molar-refractivity contribution is 5.82. The van der Waals surface area contributed by atoms with Gasteiger partial charge in [0.2, 0.25) is 5.96 Å². The number of nitrogens with zero attached hydrogens (tertiary/aromatic N) is 4. The third-order valence-electron chi connectivity index (χ3n) is 4.58. The average Bonchev–Trinajstić information content (AvgIpc) is 2.65. The van der Waals surface area contributed by atoms with E-state index < -0.39 is 17.7 Å². The Hall–Kier alpha value is -2.81. The third kappa shape index (κ3) is 3.43. The van der Waals surface area contributed by atoms with E-state index in [-0.39, 0.29) is 0 Å². The van der Waals surface area contributed by atoms with Gasteiger partial charge < -0.3 is 19.5 Å². The quantitative estimate of drug-likeness (QED) is 0.333. The molecule has 2 N–H and O–H groups in total. The Morgan fingerprint density at radius 1 is 1.35 bits per heavy atom. The van der Waals surface area contributed by atoms with E-state index >= 15 is 0 Å². The van der Waals surface area contributed by atoms with Gasteiger partial charge in [0.1, 0.15) is 23.5 Å². The fraction of sp³-hybridized carbons (Fsp3) is 0.500. The minimum absolute atomic E-state index is 0.380. The summed E-state index contributed by atoms with van der Waals surface area (Å²) in [4.78, 5) is 6.57. The topological polar surface area (TPSA) is 114 Å². The van der Waals surface area contributed by atoms with Gasteiger partial charge in [-0.2, -0.15) is 10.5 Å². The number of aliphatic imine (C=N–C) groups is 1. The molecule has 0 amide bonds. The van der Waals surface area contributed by atoms with E-state index in [0.29, 0.717) is 49.1 Å². The van der Waals surface area contributed by atoms with Crippen LogP contribution in [0, 0.1) is 22.8 Å². The number of nitriles is 2. The van der Waals surface area contributed by atoms with Crippen molar-refractivity contribution in [3.8, 4) is 18.0 Å². The molecular formula is C18H21N5O3. The molecule has 2 aliphatic rings. The van der Waals surface area contributed by atoms with Gasteiger partial charge in [-0.15, -0.1) is 0 Å². The second-order valence-corrected chi connectivity index (χ2v) is 6.75. The summed E-state index contributed by atoms with van der Waals surface area (Å²) in [5.41, 5.74) is 0.222. The zero-order valence-corrected chi connectivity index (χ0v) is 14.8. The lowest BCUT2D eigenvalue weighted by Crippen LogP contribution is -2.50. The van der Waals surface area contributed by atoms with Crippen LogP contribution in [0.4, 0.5) is 0 Å². The van der Waals surface area contributed by atoms with Crippen molar-refractivity contribution in [1.82, 2.24) is 10.2 Å². The Balaban J connectivity index is 2.05. The molecule has 8 nitrogen and oxygen atoms in total. The Morgan fingerprint density at radius 2 is 2.08 bits per heavy atom. The molecule has 3 rings (SSSR count). The van der Waals surface area contributed by atoms with Crippen LogP contribution in [0.25, 0.3) is 0 Å². The normalized spacial score (nSPS) is 24.7. The van der Waals surface area contributed by atoms with Crippen LogP contribution in [-0.2, 0) is 4.74 Å². The van der Waals surface area contributed by atoms with Crippen LogP contribution in [0.3, 0.4) is 0 Å². The molecule has 1 fully saturated rings. The molecule has 0 spiro atoms. The number of rotatable bonds is 1. The molecular weight excluding hydrogens is 334 g/mol. The van der Waals surface area contributed by atoms with Crippen LogP contribution in [0.1, 0.15) is 31.0 Å². The van der Waals surface area contributed by atoms with E-state index in [1.54, 1.807) is 32.0 Å². The van der Waals surface area contributed by atoms with Gasteiger partial charge in [-0.25, -0.2) is 4.99 Å². The summed E-state index contributed by atoms with van der Waals surface area (Å²) in [6.07, 6.45) is 0.964. The number of aliphatic hydroxyl groups is 1. The van der Waals surface area contributed by atoms with Gasteiger partial charge in [-0.3, -0.25) is 5.32 Å². The second kappa shape index (κ2) is 7.20. The van der Waals surface area contributed by atoms with Crippen molar-refractivity contribution in [3.05, 3.63) is 29.3 Å². The highest BCUT2D eigenvalue weighted by atomic mass is 16.5. The number of ether oxygens (including phenoxy) is 2. The van der Waals surface area contributed by atoms with Gasteiger partial charge in [0.25, 0.3) is 0 Å². The van der Waals surface area contributed by atoms with E-state index in [0.717, 1.165) is 0 Å². The molecule has 136 valence electrons. The van der Waals surface area contributed by atoms with Crippen molar-refractivity contribution in [2.75, 3.05) is 26.3 Å². The summed E-state index contributed by atoms with van der Waals surface area (Å²) < 4.78 is 11.2. The Kier molecular flexibility index (Phi) is 4.99. The third-order valence-corrected chi connectivity index (χ3v) is 4.58. The van der Waals surface area contributed by atoms with Crippen LogP contribution in [0.2, 0.25) is 0 Å². The number of fused-ring (bicyclic) bond motifs is 1. The van der Waals surface area contributed by atoms with Crippen LogP contribution >= 0.6 is 0 Å². The first-order valence-corrected chi connectivity index (χ1v) is 8.43. The molecule has 0 unspecified atom stereocenters. The number of aliphatic hydroxyl groups excluding tert-OH is 1. The summed E-state index contributed by atoms with van der Waals surface area (Å²) in [5.74, 6) is 0.956. The molecule has 2 heterocycles. The van der Waals surface area contributed by atoms with Gasteiger partial charge in [-0.05, 0) is 32.0 Å². The maximum absolute atomic E-state index is 10.9. The molecule has 1 aromatic rings. The number of hydrogen-bond donors (Lipinski definition) is 2. The minimum Gasteiger partial charge on any atom is -0.485 e. The lowest BCUT2D eigenvalue weighted by atomic mass is 9.86. The molecule has 8 heteroatoms. The predicted molar refractivity (Wildman–Crippen MR) is 93.2 cm³/mol. The minimum atomic E-state index is -0.944. The van der Waals surface area contributed by atoms with Crippen molar-refractivity contribution in [2.24, 2.45) is 4.99 Å². The van der Waals surface area contributed by atoms with Gasteiger partial charge in [-0.1, -0.05) is 0 Å². The summed E-state index contributed by atoms with van der Waals surface area (Å²) in [6, 6.07) is 6.49. The molecule has 0 aliphatic carbocycles. The maximum Gasteiger partial charge on any atom is 0.208 e. The van der Waals surface area contributed by atoms with Crippen LogP contribution < -0.4 is 10.1 Å². The summed E-state index contributed by atoms with van der Waals surface area (Å²) in [5, 5.41) is 31.8. The number of hydrogen-bond acceptors (Lipinski definition) is 6. The number of benzene rings is 1. The standard InChI is InChI=1S/C18H21N5O3/c1-18(2)16(24)15(13-9-12(10-19)3-4-14(13)26-18)22-17(21-11-20)23-5-7-25-8-6-23/h3-4,9,15-16,24H,5-8H2,1-2H3,(H,21,22)/t15-,16+/m1/s1. The molecule has 1 saturated heterocycles. The Bertz CT molecular complexity index is 787. The van der Waals surface area contributed by atoms with E-state index in [9.17, 15) is 10.4 Å². The van der Waals surface area contributed by atoms with E-state index in [4.69, 9.17) is 14.7 Å². The van der Waals surface area contributed by atoms with E-state index in [1.165, 1.54) is 0 Å². The highest BCUT2D eigenvalue weighted by Crippen LogP contribution is 2.42. The first-order chi connectivity index (χ1) is 12.5. The fourth-order valence-corrected chi connectivity index (χ4v) is 3.13. The van der Waals surface area contributed by atoms with Crippen molar-refractivity contribution in [3.63, 3.8) is 0 Å². The molecule has 0 radical (unpaired) electrons. The number of nitrogens with one attached hydrogen (secondary N) is 1. The molecule has 2 atom stereocenters. The van der Waals surface area contributed by atoms with Gasteiger partial charge in [0, 0.05) is 18.7 Å². The van der Waals surface area contributed by atoms with Crippen LogP contribution in [0.15, 0.2) is 23.2 Å². The van der Waals surface area contributed by atoms with Gasteiger partial charge >= 0.3 is 0 Å². The van der Waals surface area contributed by atoms with Crippen LogP contribution in [0.5, 0.6) is 5.75 Å². The molecule has 0 aromatic heterocycles. The monoisotopic (exact) mass is 355 g/mol. The first-order valence-electron chi connectivity index (χ1n) is 8.43. The molecule has 2 aliphatic heterocycles. The predicted octanol–water partition coefficient (Wildman–Crippen LogP) is 0.890. The Labute approximate surface area is 152 Å². The molecule has 0 bridgehead atoms. The van der Waals surface area contributed by atoms with Crippen molar-refractivity contribution < 1.29 is 14.6 Å². The maximum atomic E-state index is 10.9. The van der Waals surface area contributed by atoms with Crippen molar-refractivity contribution >= 4 is 5.96 Å². The summed E-state index contributed by atoms with van der Waals surface area (Å²) >= 11 is 0. The molecule has 0 saturated carbocycles. The second-order valence-electron chi connectivity index (χ2n) is 6.75. The average molecular weight is 355 g/mol. The number of morpholine rings is 1. The summed E-state index contributed by atoms with van der Waals surface area (Å²) in [6.45, 7) is 5.86. The van der Waals surface area contributed by atoms with Crippen molar-refractivity contribution in [2.45, 2.75) is 31.6 Å². The van der Waals surface area contributed by atoms with E-state index in [1.807, 2.05) is 11.1 Å². The van der Waals surface area contributed by atoms with Crippen molar-refractivity contribution in [1.29, 1.82) is 10.5 Å². The first kappa shape index (κ1) is 18.0. The van der Waals surface area contributed by atoms with Gasteiger partial charge in [0.05, 0.1) is 24.8 Å². The van der Waals surface area contributed by atoms with Gasteiger partial charge in [0.15, 0.2) is 6.19 Å². The SMILES string of the molecule is CC1(C)Oc2ccc(C#N)cc2[C@@H](N=C(NC#N)N2CCOCC2)[C@@H]1O. The smallest absolute Gasteiger partial charge is 0.208 e. The number of guanidine groups is 1. The molecule has 1 aromatic carbocycles. The lowest BCUT2D eigenvalue weighted by Gasteiger charge is -2.41. The van der Waals surface area contributed by atoms with E-state index in [2.05, 4.69) is 16.4 Å². The zero-order valence-electron chi connectivity index (χ0n) is 14.8. The lowest BCUT2D eigenvalue weighted by molar-refractivity contribution is -0.0570. The zero-order chi connectivity index (χ0) is 18.7. The fourth-order valence-electron chi connectivity index (χ4n) is 3.13. The largest absolute Gasteiger partial charge is 0.485 e. The highest BCUT2D eigenvalue weighted by Gasteiger charge is 2.43. The Morgan fingerprint density at radius 3 is 2.73 bits per heavy atom. The summed E-state index contributed by atoms with van der Waals surface area (Å²) in [7, 11) is 0. The van der Waals surface area contributed by atoms with Crippen LogP contribution in [-0.4, -0.2) is 54.0 Å².